The van der Waals surface area contributed by atoms with E-state index < -0.39 is 0 Å². The Bertz CT molecular complexity index is 370. The Hall–Kier alpha value is -0.860. The number of rotatable bonds is 7. The van der Waals surface area contributed by atoms with Crippen molar-refractivity contribution in [1.82, 2.24) is 19.6 Å². The van der Waals surface area contributed by atoms with Gasteiger partial charge in [0.1, 0.15) is 12.6 Å². The van der Waals surface area contributed by atoms with E-state index in [1.807, 2.05) is 4.90 Å². The van der Waals surface area contributed by atoms with E-state index in [0.717, 1.165) is 71.4 Å². The number of aliphatic hydroxyl groups is 1. The first kappa shape index (κ1) is 22.2. The van der Waals surface area contributed by atoms with Gasteiger partial charge in [0.05, 0.1) is 19.7 Å². The first-order chi connectivity index (χ1) is 12.2. The molecule has 1 saturated heterocycles. The van der Waals surface area contributed by atoms with Crippen molar-refractivity contribution in [2.24, 2.45) is 0 Å². The molecule has 1 heterocycles. The third-order valence-electron chi connectivity index (χ3n) is 5.12. The molecular weight excluding hydrogens is 320 g/mol. The molecule has 0 saturated carbocycles. The first-order valence-electron chi connectivity index (χ1n) is 9.57. The molecule has 0 radical (unpaired) electrons. The van der Waals surface area contributed by atoms with Gasteiger partial charge >= 0.3 is 0 Å². The van der Waals surface area contributed by atoms with E-state index in [0.29, 0.717) is 19.6 Å². The van der Waals surface area contributed by atoms with Gasteiger partial charge in [-0.15, -0.1) is 0 Å². The minimum Gasteiger partial charge on any atom is -0.395 e. The van der Waals surface area contributed by atoms with Crippen LogP contribution in [0.25, 0.3) is 0 Å². The van der Waals surface area contributed by atoms with E-state index in [1.165, 1.54) is 0 Å². The maximum absolute atomic E-state index is 11.1. The van der Waals surface area contributed by atoms with Gasteiger partial charge in [-0.2, -0.15) is 0 Å². The lowest BCUT2D eigenvalue weighted by atomic mass is 10.2. The second kappa shape index (κ2) is 13.4. The molecule has 1 fully saturated rings. The number of nitrogens with zero attached hydrogens (tertiary/aromatic N) is 4. The highest BCUT2D eigenvalue weighted by atomic mass is 16.3. The maximum Gasteiger partial charge on any atom is 0.133 e. The molecule has 1 unspecified atom stereocenters. The van der Waals surface area contributed by atoms with Crippen LogP contribution >= 0.6 is 0 Å². The zero-order valence-corrected chi connectivity index (χ0v) is 16.0. The summed E-state index contributed by atoms with van der Waals surface area (Å²) < 4.78 is 0. The molecule has 0 aromatic heterocycles. The molecule has 1 aliphatic rings. The third kappa shape index (κ3) is 8.37. The zero-order valence-electron chi connectivity index (χ0n) is 16.0. The fourth-order valence-electron chi connectivity index (χ4n) is 3.38. The minimum absolute atomic E-state index is 0.0372. The van der Waals surface area contributed by atoms with Crippen LogP contribution in [0.1, 0.15) is 20.3 Å². The Morgan fingerprint density at radius 3 is 2.04 bits per heavy atom. The van der Waals surface area contributed by atoms with Gasteiger partial charge in [0.15, 0.2) is 0 Å². The SMILES string of the molecule is CCN1CCCN(CC=O)CCN(CC=O)C(CO)CN(CC)CC1. The predicted molar refractivity (Wildman–Crippen MR) is 99.9 cm³/mol. The summed E-state index contributed by atoms with van der Waals surface area (Å²) in [6, 6.07) is -0.0564. The Labute approximate surface area is 152 Å². The van der Waals surface area contributed by atoms with Crippen LogP contribution in [0.3, 0.4) is 0 Å². The van der Waals surface area contributed by atoms with Crippen LogP contribution in [-0.4, -0.2) is 122 Å². The van der Waals surface area contributed by atoms with Crippen LogP contribution in [0.15, 0.2) is 0 Å². The molecule has 1 atom stereocenters. The summed E-state index contributed by atoms with van der Waals surface area (Å²) in [5.74, 6) is 0. The van der Waals surface area contributed by atoms with Gasteiger partial charge < -0.3 is 24.5 Å². The summed E-state index contributed by atoms with van der Waals surface area (Å²) in [5.41, 5.74) is 0. The molecule has 146 valence electrons. The number of carbonyl (C=O) groups is 2. The highest BCUT2D eigenvalue weighted by Crippen LogP contribution is 2.06. The van der Waals surface area contributed by atoms with Gasteiger partial charge in [-0.1, -0.05) is 13.8 Å². The highest BCUT2D eigenvalue weighted by Gasteiger charge is 2.22. The number of aldehydes is 2. The molecule has 0 aromatic rings. The van der Waals surface area contributed by atoms with Crippen LogP contribution in [0.5, 0.6) is 0 Å². The number of likely N-dealkylation sites (N-methyl/N-ethyl adjacent to an activating group) is 2. The van der Waals surface area contributed by atoms with Gasteiger partial charge in [0.25, 0.3) is 0 Å². The summed E-state index contributed by atoms with van der Waals surface area (Å²) in [7, 11) is 0. The van der Waals surface area contributed by atoms with Crippen LogP contribution in [0, 0.1) is 0 Å². The van der Waals surface area contributed by atoms with Crippen LogP contribution in [-0.2, 0) is 9.59 Å². The van der Waals surface area contributed by atoms with Crippen molar-refractivity contribution in [2.75, 3.05) is 78.6 Å². The molecule has 7 nitrogen and oxygen atoms in total. The monoisotopic (exact) mass is 356 g/mol. The van der Waals surface area contributed by atoms with E-state index in [1.54, 1.807) is 0 Å². The number of aliphatic hydroxyl groups excluding tert-OH is 1. The summed E-state index contributed by atoms with van der Waals surface area (Å²) in [6.07, 6.45) is 2.88. The van der Waals surface area contributed by atoms with Gasteiger partial charge in [-0.05, 0) is 32.6 Å². The topological polar surface area (TPSA) is 67.3 Å². The van der Waals surface area contributed by atoms with E-state index in [-0.39, 0.29) is 12.6 Å². The van der Waals surface area contributed by atoms with Crippen LogP contribution in [0.2, 0.25) is 0 Å². The smallest absolute Gasteiger partial charge is 0.133 e. The molecule has 0 bridgehead atoms. The minimum atomic E-state index is -0.0564. The normalized spacial score (nSPS) is 24.2. The van der Waals surface area contributed by atoms with Gasteiger partial charge in [0, 0.05) is 38.8 Å². The van der Waals surface area contributed by atoms with E-state index >= 15 is 0 Å². The molecule has 0 spiro atoms. The quantitative estimate of drug-likeness (QED) is 0.611. The fourth-order valence-corrected chi connectivity index (χ4v) is 3.38. The fraction of sp³-hybridized carbons (Fsp3) is 0.889. The molecule has 1 aliphatic heterocycles. The molecule has 1 rings (SSSR count). The number of hydrogen-bond donors (Lipinski definition) is 1. The van der Waals surface area contributed by atoms with Crippen molar-refractivity contribution < 1.29 is 14.7 Å². The van der Waals surface area contributed by atoms with Crippen molar-refractivity contribution in [2.45, 2.75) is 26.3 Å². The number of hydrogen-bond acceptors (Lipinski definition) is 7. The summed E-state index contributed by atoms with van der Waals surface area (Å²) in [5, 5.41) is 9.86. The van der Waals surface area contributed by atoms with Gasteiger partial charge in [-0.3, -0.25) is 9.80 Å². The molecular formula is C18H36N4O3. The van der Waals surface area contributed by atoms with Crippen molar-refractivity contribution in [3.05, 3.63) is 0 Å². The summed E-state index contributed by atoms with van der Waals surface area (Å²) >= 11 is 0. The average Bonchev–Trinajstić information content (AvgIpc) is 2.64. The standard InChI is InChI=1S/C18H36N4O3/c1-3-19-6-5-7-21(12-14-23)10-11-22(13-15-24)18(17-25)16-20(4-2)9-8-19/h14-15,18,25H,3-13,16-17H2,1-2H3. The van der Waals surface area contributed by atoms with Crippen LogP contribution < -0.4 is 0 Å². The molecule has 0 aromatic carbocycles. The number of carbonyl (C=O) groups excluding carboxylic acids is 2. The molecule has 7 heteroatoms. The van der Waals surface area contributed by atoms with E-state index in [4.69, 9.17) is 0 Å². The van der Waals surface area contributed by atoms with Crippen LogP contribution in [0.4, 0.5) is 0 Å². The lowest BCUT2D eigenvalue weighted by molar-refractivity contribution is -0.111. The molecule has 25 heavy (non-hydrogen) atoms. The van der Waals surface area contributed by atoms with Crippen molar-refractivity contribution in [3.63, 3.8) is 0 Å². The zero-order chi connectivity index (χ0) is 18.5. The highest BCUT2D eigenvalue weighted by molar-refractivity contribution is 5.52. The average molecular weight is 357 g/mol. The molecule has 0 amide bonds. The second-order valence-electron chi connectivity index (χ2n) is 6.65. The Balaban J connectivity index is 2.87. The largest absolute Gasteiger partial charge is 0.395 e. The lowest BCUT2D eigenvalue weighted by Gasteiger charge is -2.34. The Morgan fingerprint density at radius 2 is 1.44 bits per heavy atom. The summed E-state index contributed by atoms with van der Waals surface area (Å²) in [6.45, 7) is 13.1. The molecule has 1 N–H and O–H groups in total. The predicted octanol–water partition coefficient (Wildman–Crippen LogP) is -0.603. The third-order valence-corrected chi connectivity index (χ3v) is 5.12. The Morgan fingerprint density at radius 1 is 0.840 bits per heavy atom. The van der Waals surface area contributed by atoms with Gasteiger partial charge in [0.2, 0.25) is 0 Å². The van der Waals surface area contributed by atoms with Crippen molar-refractivity contribution >= 4 is 12.6 Å². The first-order valence-corrected chi connectivity index (χ1v) is 9.57. The maximum atomic E-state index is 11.1. The molecule has 0 aliphatic carbocycles. The van der Waals surface area contributed by atoms with E-state index in [2.05, 4.69) is 28.5 Å². The second-order valence-corrected chi connectivity index (χ2v) is 6.65. The van der Waals surface area contributed by atoms with Crippen molar-refractivity contribution in [1.29, 1.82) is 0 Å². The van der Waals surface area contributed by atoms with Gasteiger partial charge in [-0.25, -0.2) is 0 Å². The summed E-state index contributed by atoms with van der Waals surface area (Å²) in [4.78, 5) is 31.0. The Kier molecular flexibility index (Phi) is 11.9. The van der Waals surface area contributed by atoms with E-state index in [9.17, 15) is 14.7 Å². The lowest BCUT2D eigenvalue weighted by Crippen LogP contribution is -2.50. The van der Waals surface area contributed by atoms with Crippen molar-refractivity contribution in [3.8, 4) is 0 Å².